The van der Waals surface area contributed by atoms with Gasteiger partial charge in [-0.2, -0.15) is 0 Å². The Balaban J connectivity index is 2.22. The van der Waals surface area contributed by atoms with Crippen molar-refractivity contribution in [2.45, 2.75) is 6.10 Å². The number of hydrogen-bond donors (Lipinski definition) is 1. The fraction of sp³-hybridized carbons (Fsp3) is 0.667. The lowest BCUT2D eigenvalue weighted by Crippen LogP contribution is -2.37. The maximum Gasteiger partial charge on any atom is 0.0947 e. The Morgan fingerprint density at radius 3 is 3.00 bits per heavy atom. The number of nitrogens with one attached hydrogen (secondary N) is 1. The Morgan fingerprint density at radius 1 is 1.75 bits per heavy atom. The summed E-state index contributed by atoms with van der Waals surface area (Å²) in [6.45, 7) is 6.10. The molecule has 1 aliphatic rings. The summed E-state index contributed by atoms with van der Waals surface area (Å²) in [6, 6.07) is 0. The molecule has 0 bridgehead atoms. The van der Waals surface area contributed by atoms with Gasteiger partial charge in [-0.25, -0.2) is 0 Å². The standard InChI is InChI=1S/C6H10NO/c1-2-6-5-7-3-4-8-6/h6-7H,1,3-5H2. The lowest BCUT2D eigenvalue weighted by molar-refractivity contribution is 0.0548. The van der Waals surface area contributed by atoms with Crippen LogP contribution in [0.1, 0.15) is 0 Å². The smallest absolute Gasteiger partial charge is 0.0947 e. The summed E-state index contributed by atoms with van der Waals surface area (Å²) in [5.74, 6) is 0. The molecule has 1 radical (unpaired) electrons. The molecule has 2 nitrogen and oxygen atoms in total. The molecule has 1 aliphatic heterocycles. The van der Waals surface area contributed by atoms with Gasteiger partial charge in [-0.05, 0) is 6.08 Å². The van der Waals surface area contributed by atoms with E-state index in [4.69, 9.17) is 4.74 Å². The molecule has 1 N–H and O–H groups in total. The van der Waals surface area contributed by atoms with Gasteiger partial charge in [-0.1, -0.05) is 6.58 Å². The van der Waals surface area contributed by atoms with Crippen molar-refractivity contribution in [1.29, 1.82) is 0 Å². The Bertz CT molecular complexity index is 76.6. The minimum Gasteiger partial charge on any atom is -0.371 e. The molecule has 0 aliphatic carbocycles. The highest BCUT2D eigenvalue weighted by atomic mass is 16.5. The van der Waals surface area contributed by atoms with Gasteiger partial charge in [-0.15, -0.1) is 0 Å². The zero-order valence-corrected chi connectivity index (χ0v) is 4.81. The van der Waals surface area contributed by atoms with Crippen molar-refractivity contribution in [3.8, 4) is 0 Å². The van der Waals surface area contributed by atoms with Crippen molar-refractivity contribution in [2.75, 3.05) is 19.7 Å². The number of hydrogen-bond acceptors (Lipinski definition) is 2. The summed E-state index contributed by atoms with van der Waals surface area (Å²) in [6.07, 6.45) is 2.88. The molecule has 1 heterocycles. The Labute approximate surface area is 49.5 Å². The van der Waals surface area contributed by atoms with Crippen molar-refractivity contribution in [2.24, 2.45) is 0 Å². The molecular formula is C6H10NO. The van der Waals surface area contributed by atoms with Gasteiger partial charge in [0.05, 0.1) is 12.7 Å². The topological polar surface area (TPSA) is 21.3 Å². The van der Waals surface area contributed by atoms with E-state index >= 15 is 0 Å². The Kier molecular flexibility index (Phi) is 2.06. The number of ether oxygens (including phenoxy) is 1. The lowest BCUT2D eigenvalue weighted by Gasteiger charge is -2.19. The monoisotopic (exact) mass is 112 g/mol. The highest BCUT2D eigenvalue weighted by Gasteiger charge is 2.07. The van der Waals surface area contributed by atoms with Crippen LogP contribution in [0.25, 0.3) is 0 Å². The predicted octanol–water partition coefficient (Wildman–Crippen LogP) is -0.0360. The van der Waals surface area contributed by atoms with Crippen LogP contribution in [-0.2, 0) is 4.74 Å². The van der Waals surface area contributed by atoms with Crippen molar-refractivity contribution in [3.63, 3.8) is 0 Å². The molecule has 45 valence electrons. The van der Waals surface area contributed by atoms with E-state index in [1.54, 1.807) is 0 Å². The third kappa shape index (κ3) is 1.32. The van der Waals surface area contributed by atoms with Crippen molar-refractivity contribution in [1.82, 2.24) is 5.32 Å². The zero-order chi connectivity index (χ0) is 5.82. The van der Waals surface area contributed by atoms with Gasteiger partial charge in [0.2, 0.25) is 0 Å². The molecule has 8 heavy (non-hydrogen) atoms. The second-order valence-corrected chi connectivity index (χ2v) is 1.77. The van der Waals surface area contributed by atoms with Crippen LogP contribution >= 0.6 is 0 Å². The quantitative estimate of drug-likeness (QED) is 0.514. The molecule has 0 aromatic heterocycles. The average molecular weight is 112 g/mol. The second-order valence-electron chi connectivity index (χ2n) is 1.77. The normalized spacial score (nSPS) is 29.8. The fourth-order valence-electron chi connectivity index (χ4n) is 0.697. The molecule has 0 aromatic carbocycles. The van der Waals surface area contributed by atoms with E-state index in [0.717, 1.165) is 19.7 Å². The first kappa shape index (κ1) is 5.79. The summed E-state index contributed by atoms with van der Waals surface area (Å²) >= 11 is 0. The van der Waals surface area contributed by atoms with Crippen LogP contribution in [-0.4, -0.2) is 25.8 Å². The molecule has 1 rings (SSSR count). The molecule has 0 saturated carbocycles. The van der Waals surface area contributed by atoms with Gasteiger partial charge in [-0.3, -0.25) is 0 Å². The maximum atomic E-state index is 5.19. The summed E-state index contributed by atoms with van der Waals surface area (Å²) in [5, 5.41) is 3.16. The third-order valence-electron chi connectivity index (χ3n) is 1.16. The Hall–Kier alpha value is -0.340. The van der Waals surface area contributed by atoms with Crippen LogP contribution in [0.5, 0.6) is 0 Å². The van der Waals surface area contributed by atoms with Crippen LogP contribution in [0, 0.1) is 6.08 Å². The van der Waals surface area contributed by atoms with Crippen LogP contribution in [0.15, 0.2) is 6.58 Å². The number of rotatable bonds is 1. The van der Waals surface area contributed by atoms with E-state index in [1.165, 1.54) is 0 Å². The molecule has 2 heteroatoms. The van der Waals surface area contributed by atoms with Crippen LogP contribution in [0.3, 0.4) is 0 Å². The highest BCUT2D eigenvalue weighted by Crippen LogP contribution is 1.93. The molecule has 1 unspecified atom stereocenters. The van der Waals surface area contributed by atoms with E-state index in [9.17, 15) is 0 Å². The summed E-state index contributed by atoms with van der Waals surface area (Å²) in [5.41, 5.74) is 0. The van der Waals surface area contributed by atoms with E-state index < -0.39 is 0 Å². The van der Waals surface area contributed by atoms with Gasteiger partial charge >= 0.3 is 0 Å². The third-order valence-corrected chi connectivity index (χ3v) is 1.16. The van der Waals surface area contributed by atoms with E-state index in [2.05, 4.69) is 18.0 Å². The summed E-state index contributed by atoms with van der Waals surface area (Å²) in [4.78, 5) is 0. The lowest BCUT2D eigenvalue weighted by atomic mass is 10.3. The van der Waals surface area contributed by atoms with E-state index in [-0.39, 0.29) is 6.10 Å². The predicted molar refractivity (Wildman–Crippen MR) is 31.5 cm³/mol. The van der Waals surface area contributed by atoms with Crippen LogP contribution in [0.2, 0.25) is 0 Å². The molecule has 0 spiro atoms. The molecule has 1 saturated heterocycles. The first-order valence-corrected chi connectivity index (χ1v) is 2.78. The van der Waals surface area contributed by atoms with Crippen LogP contribution in [0.4, 0.5) is 0 Å². The molecular weight excluding hydrogens is 102 g/mol. The van der Waals surface area contributed by atoms with E-state index in [1.807, 2.05) is 0 Å². The van der Waals surface area contributed by atoms with E-state index in [0.29, 0.717) is 0 Å². The Morgan fingerprint density at radius 2 is 2.62 bits per heavy atom. The SMILES string of the molecule is C=[C]C1CNCCO1. The van der Waals surface area contributed by atoms with Gasteiger partial charge in [0.1, 0.15) is 0 Å². The van der Waals surface area contributed by atoms with Crippen molar-refractivity contribution >= 4 is 0 Å². The summed E-state index contributed by atoms with van der Waals surface area (Å²) < 4.78 is 5.19. The minimum absolute atomic E-state index is 0.115. The average Bonchev–Trinajstić information content (AvgIpc) is 1.90. The zero-order valence-electron chi connectivity index (χ0n) is 4.81. The minimum atomic E-state index is 0.115. The fourth-order valence-corrected chi connectivity index (χ4v) is 0.697. The molecule has 1 atom stereocenters. The van der Waals surface area contributed by atoms with Crippen molar-refractivity contribution in [3.05, 3.63) is 12.7 Å². The summed E-state index contributed by atoms with van der Waals surface area (Å²) in [7, 11) is 0. The molecule has 1 fully saturated rings. The largest absolute Gasteiger partial charge is 0.371 e. The van der Waals surface area contributed by atoms with Gasteiger partial charge in [0, 0.05) is 13.1 Å². The highest BCUT2D eigenvalue weighted by molar-refractivity contribution is 4.75. The number of morpholine rings is 1. The first-order chi connectivity index (χ1) is 3.93. The van der Waals surface area contributed by atoms with Gasteiger partial charge in [0.25, 0.3) is 0 Å². The second kappa shape index (κ2) is 2.84. The van der Waals surface area contributed by atoms with Gasteiger partial charge in [0.15, 0.2) is 0 Å². The van der Waals surface area contributed by atoms with Crippen molar-refractivity contribution < 1.29 is 4.74 Å². The van der Waals surface area contributed by atoms with Gasteiger partial charge < -0.3 is 10.1 Å². The molecule has 0 aromatic rings. The first-order valence-electron chi connectivity index (χ1n) is 2.78. The maximum absolute atomic E-state index is 5.19. The molecule has 0 amide bonds. The van der Waals surface area contributed by atoms with Crippen LogP contribution < -0.4 is 5.32 Å².